The number of fused-ring (bicyclic) bond motifs is 1. The minimum absolute atomic E-state index is 0.204. The summed E-state index contributed by atoms with van der Waals surface area (Å²) in [4.78, 5) is 8.66. The summed E-state index contributed by atoms with van der Waals surface area (Å²) in [5.74, 6) is 0.204. The molecule has 3 nitrogen and oxygen atoms in total. The van der Waals surface area contributed by atoms with E-state index in [0.29, 0.717) is 15.7 Å². The van der Waals surface area contributed by atoms with E-state index < -0.39 is 0 Å². The molecule has 19 heavy (non-hydrogen) atoms. The van der Waals surface area contributed by atoms with Crippen LogP contribution in [-0.2, 0) is 0 Å². The van der Waals surface area contributed by atoms with Gasteiger partial charge in [-0.3, -0.25) is 0 Å². The summed E-state index contributed by atoms with van der Waals surface area (Å²) in [6.07, 6.45) is 1.61. The molecule has 0 spiro atoms. The van der Waals surface area contributed by atoms with Crippen molar-refractivity contribution >= 4 is 44.5 Å². The minimum atomic E-state index is 0.204. The number of aliphatic imine (C=N–C) groups is 1. The van der Waals surface area contributed by atoms with E-state index in [0.717, 1.165) is 10.2 Å². The van der Waals surface area contributed by atoms with Gasteiger partial charge < -0.3 is 5.11 Å². The molecule has 0 fully saturated rings. The average molecular weight is 289 g/mol. The molecule has 0 bridgehead atoms. The number of thiazole rings is 1. The zero-order chi connectivity index (χ0) is 13.2. The molecule has 0 atom stereocenters. The number of phenols is 1. The molecule has 0 radical (unpaired) electrons. The lowest BCUT2D eigenvalue weighted by molar-refractivity contribution is 0.474. The van der Waals surface area contributed by atoms with Crippen LogP contribution in [0.2, 0.25) is 5.02 Å². The molecule has 0 saturated heterocycles. The molecule has 0 aliphatic carbocycles. The van der Waals surface area contributed by atoms with Crippen molar-refractivity contribution in [3.05, 3.63) is 53.1 Å². The standard InChI is InChI=1S/C14H9ClN2OS/c15-10-5-6-13-11(7-10)17-14(19-13)16-8-9-3-1-2-4-12(9)18/h1-8,18H/b16-8+. The maximum Gasteiger partial charge on any atom is 0.210 e. The van der Waals surface area contributed by atoms with E-state index in [4.69, 9.17) is 11.6 Å². The Morgan fingerprint density at radius 3 is 2.89 bits per heavy atom. The third-order valence-corrected chi connectivity index (χ3v) is 3.77. The van der Waals surface area contributed by atoms with Crippen LogP contribution in [0.4, 0.5) is 5.13 Å². The quantitative estimate of drug-likeness (QED) is 0.710. The van der Waals surface area contributed by atoms with Gasteiger partial charge in [0.15, 0.2) is 0 Å². The molecular weight excluding hydrogens is 280 g/mol. The lowest BCUT2D eigenvalue weighted by Crippen LogP contribution is -1.80. The van der Waals surface area contributed by atoms with Crippen molar-refractivity contribution in [1.82, 2.24) is 4.98 Å². The van der Waals surface area contributed by atoms with Gasteiger partial charge in [-0.25, -0.2) is 9.98 Å². The van der Waals surface area contributed by atoms with Gasteiger partial charge in [0.1, 0.15) is 5.75 Å². The zero-order valence-electron chi connectivity index (χ0n) is 9.75. The van der Waals surface area contributed by atoms with Gasteiger partial charge in [-0.2, -0.15) is 0 Å². The number of hydrogen-bond donors (Lipinski definition) is 1. The molecule has 0 aliphatic heterocycles. The van der Waals surface area contributed by atoms with Crippen LogP contribution >= 0.6 is 22.9 Å². The lowest BCUT2D eigenvalue weighted by Gasteiger charge is -1.95. The molecule has 3 rings (SSSR count). The first-order valence-electron chi connectivity index (χ1n) is 5.60. The van der Waals surface area contributed by atoms with Crippen LogP contribution in [0.1, 0.15) is 5.56 Å². The van der Waals surface area contributed by atoms with Gasteiger partial charge in [-0.05, 0) is 30.3 Å². The van der Waals surface area contributed by atoms with Crippen molar-refractivity contribution in [2.24, 2.45) is 4.99 Å². The fourth-order valence-electron chi connectivity index (χ4n) is 1.67. The smallest absolute Gasteiger partial charge is 0.210 e. The number of phenolic OH excluding ortho intramolecular Hbond substituents is 1. The average Bonchev–Trinajstić information content (AvgIpc) is 2.79. The Kier molecular flexibility index (Phi) is 3.19. The first-order chi connectivity index (χ1) is 9.22. The van der Waals surface area contributed by atoms with Crippen molar-refractivity contribution in [1.29, 1.82) is 0 Å². The summed E-state index contributed by atoms with van der Waals surface area (Å²) in [5.41, 5.74) is 1.50. The van der Waals surface area contributed by atoms with E-state index in [1.54, 1.807) is 24.4 Å². The van der Waals surface area contributed by atoms with Crippen molar-refractivity contribution in [2.75, 3.05) is 0 Å². The second-order valence-corrected chi connectivity index (χ2v) is 5.37. The van der Waals surface area contributed by atoms with Gasteiger partial charge in [-0.15, -0.1) is 0 Å². The van der Waals surface area contributed by atoms with Gasteiger partial charge in [-0.1, -0.05) is 35.1 Å². The topological polar surface area (TPSA) is 45.5 Å². The maximum atomic E-state index is 9.64. The Balaban J connectivity index is 1.95. The van der Waals surface area contributed by atoms with E-state index >= 15 is 0 Å². The Bertz CT molecular complexity index is 767. The van der Waals surface area contributed by atoms with E-state index in [1.165, 1.54) is 11.3 Å². The van der Waals surface area contributed by atoms with E-state index in [1.807, 2.05) is 24.3 Å². The molecule has 1 aromatic heterocycles. The number of rotatable bonds is 2. The molecule has 0 unspecified atom stereocenters. The normalized spacial score (nSPS) is 11.4. The first-order valence-corrected chi connectivity index (χ1v) is 6.80. The Hall–Kier alpha value is -1.91. The SMILES string of the molecule is Oc1ccccc1/C=N/c1nc2cc(Cl)ccc2s1. The monoisotopic (exact) mass is 288 g/mol. The zero-order valence-corrected chi connectivity index (χ0v) is 11.3. The van der Waals surface area contributed by atoms with Crippen LogP contribution in [0, 0.1) is 0 Å². The van der Waals surface area contributed by atoms with E-state index in [-0.39, 0.29) is 5.75 Å². The van der Waals surface area contributed by atoms with Crippen LogP contribution in [-0.4, -0.2) is 16.3 Å². The molecule has 5 heteroatoms. The highest BCUT2D eigenvalue weighted by Gasteiger charge is 2.03. The Morgan fingerprint density at radius 1 is 1.21 bits per heavy atom. The maximum absolute atomic E-state index is 9.64. The van der Waals surface area contributed by atoms with Gasteiger partial charge in [0, 0.05) is 16.8 Å². The van der Waals surface area contributed by atoms with Gasteiger partial charge >= 0.3 is 0 Å². The molecule has 94 valence electrons. The highest BCUT2D eigenvalue weighted by molar-refractivity contribution is 7.22. The fourth-order valence-corrected chi connectivity index (χ4v) is 2.62. The van der Waals surface area contributed by atoms with Crippen molar-refractivity contribution in [3.63, 3.8) is 0 Å². The van der Waals surface area contributed by atoms with E-state index in [2.05, 4.69) is 9.98 Å². The van der Waals surface area contributed by atoms with Crippen LogP contribution < -0.4 is 0 Å². The number of aromatic hydroxyl groups is 1. The summed E-state index contributed by atoms with van der Waals surface area (Å²) < 4.78 is 1.04. The molecule has 3 aromatic rings. The predicted molar refractivity (Wildman–Crippen MR) is 80.0 cm³/mol. The lowest BCUT2D eigenvalue weighted by atomic mass is 10.2. The number of aromatic nitrogens is 1. The predicted octanol–water partition coefficient (Wildman–Crippen LogP) is 4.41. The van der Waals surface area contributed by atoms with Gasteiger partial charge in [0.2, 0.25) is 5.13 Å². The molecule has 1 N–H and O–H groups in total. The number of halogens is 1. The summed E-state index contributed by atoms with van der Waals surface area (Å²) in [5, 5.41) is 10.9. The number of benzene rings is 2. The number of nitrogens with zero attached hydrogens (tertiary/aromatic N) is 2. The number of para-hydroxylation sites is 1. The van der Waals surface area contributed by atoms with Crippen molar-refractivity contribution in [3.8, 4) is 5.75 Å². The fraction of sp³-hybridized carbons (Fsp3) is 0. The number of hydrogen-bond acceptors (Lipinski definition) is 4. The largest absolute Gasteiger partial charge is 0.507 e. The van der Waals surface area contributed by atoms with Crippen molar-refractivity contribution < 1.29 is 5.11 Å². The summed E-state index contributed by atoms with van der Waals surface area (Å²) in [6.45, 7) is 0. The van der Waals surface area contributed by atoms with Gasteiger partial charge in [0.05, 0.1) is 10.2 Å². The third kappa shape index (κ3) is 2.59. The molecule has 0 saturated carbocycles. The van der Waals surface area contributed by atoms with Crippen LogP contribution in [0.25, 0.3) is 10.2 Å². The minimum Gasteiger partial charge on any atom is -0.507 e. The Labute approximate surface area is 118 Å². The molecule has 1 heterocycles. The molecular formula is C14H9ClN2OS. The third-order valence-electron chi connectivity index (χ3n) is 2.59. The van der Waals surface area contributed by atoms with E-state index in [9.17, 15) is 5.11 Å². The Morgan fingerprint density at radius 2 is 2.05 bits per heavy atom. The summed E-state index contributed by atoms with van der Waals surface area (Å²) >= 11 is 7.40. The second-order valence-electron chi connectivity index (χ2n) is 3.93. The van der Waals surface area contributed by atoms with Gasteiger partial charge in [0.25, 0.3) is 0 Å². The van der Waals surface area contributed by atoms with Crippen molar-refractivity contribution in [2.45, 2.75) is 0 Å². The second kappa shape index (κ2) is 4.99. The first kappa shape index (κ1) is 12.1. The molecule has 2 aromatic carbocycles. The summed E-state index contributed by atoms with van der Waals surface area (Å²) in [6, 6.07) is 12.6. The highest BCUT2D eigenvalue weighted by Crippen LogP contribution is 2.29. The molecule has 0 amide bonds. The highest BCUT2D eigenvalue weighted by atomic mass is 35.5. The molecule has 0 aliphatic rings. The van der Waals surface area contributed by atoms with Crippen LogP contribution in [0.15, 0.2) is 47.5 Å². The summed E-state index contributed by atoms with van der Waals surface area (Å²) in [7, 11) is 0. The van der Waals surface area contributed by atoms with Crippen LogP contribution in [0.5, 0.6) is 5.75 Å². The van der Waals surface area contributed by atoms with Crippen LogP contribution in [0.3, 0.4) is 0 Å².